The quantitative estimate of drug-likeness (QED) is 0.607. The Kier molecular flexibility index (Phi) is 4.59. The molecule has 1 aliphatic carbocycles. The molecule has 3 heterocycles. The third kappa shape index (κ3) is 3.43. The van der Waals surface area contributed by atoms with E-state index in [9.17, 15) is 18.0 Å². The molecular weight excluding hydrogens is 347 g/mol. The predicted molar refractivity (Wildman–Crippen MR) is 80.6 cm³/mol. The normalized spacial score (nSPS) is 26.0. The van der Waals surface area contributed by atoms with E-state index in [4.69, 9.17) is 16.3 Å². The maximum absolute atomic E-state index is 12.9. The Bertz CT molecular complexity index is 629. The van der Waals surface area contributed by atoms with Crippen molar-refractivity contribution in [2.45, 2.75) is 25.9 Å². The average Bonchev–Trinajstić information content (AvgIpc) is 2.51. The van der Waals surface area contributed by atoms with Gasteiger partial charge in [-0.3, -0.25) is 4.79 Å². The van der Waals surface area contributed by atoms with Gasteiger partial charge in [-0.25, -0.2) is 9.97 Å². The van der Waals surface area contributed by atoms with Crippen molar-refractivity contribution >= 4 is 23.4 Å². The van der Waals surface area contributed by atoms with Crippen molar-refractivity contribution in [1.29, 1.82) is 0 Å². The standard InChI is InChI=1S/C15H17ClF3N3O2/c1-2-24-13(23)4-10-8-3-9(10)7-22(6-8)12-5-11(15(17,18)19)20-14(16)21-12/h5,8-10H,2-4,6-7H2,1H3/t8-,9+,10?. The van der Waals surface area contributed by atoms with Crippen LogP contribution in [0.4, 0.5) is 19.0 Å². The molecule has 2 bridgehead atoms. The number of alkyl halides is 3. The number of nitrogens with zero attached hydrogens (tertiary/aromatic N) is 3. The molecule has 3 fully saturated rings. The Hall–Kier alpha value is -1.57. The van der Waals surface area contributed by atoms with E-state index in [0.29, 0.717) is 26.1 Å². The number of aromatic nitrogens is 2. The number of piperidine rings is 2. The monoisotopic (exact) mass is 363 g/mol. The van der Waals surface area contributed by atoms with E-state index in [1.165, 1.54) is 0 Å². The van der Waals surface area contributed by atoms with Crippen molar-refractivity contribution in [2.75, 3.05) is 24.6 Å². The van der Waals surface area contributed by atoms with Crippen molar-refractivity contribution < 1.29 is 22.7 Å². The van der Waals surface area contributed by atoms with Crippen LogP contribution in [0.1, 0.15) is 25.5 Å². The lowest BCUT2D eigenvalue weighted by atomic mass is 9.60. The van der Waals surface area contributed by atoms with Crippen LogP contribution in [0.25, 0.3) is 0 Å². The van der Waals surface area contributed by atoms with Crippen LogP contribution in [0.15, 0.2) is 6.07 Å². The summed E-state index contributed by atoms with van der Waals surface area (Å²) in [5.41, 5.74) is -1.04. The van der Waals surface area contributed by atoms with Gasteiger partial charge in [-0.05, 0) is 42.7 Å². The first-order valence-corrected chi connectivity index (χ1v) is 8.18. The highest BCUT2D eigenvalue weighted by atomic mass is 35.5. The van der Waals surface area contributed by atoms with Gasteiger partial charge in [-0.15, -0.1) is 0 Å². The summed E-state index contributed by atoms with van der Waals surface area (Å²) in [4.78, 5) is 20.6. The van der Waals surface area contributed by atoms with Crippen molar-refractivity contribution in [1.82, 2.24) is 9.97 Å². The minimum Gasteiger partial charge on any atom is -0.466 e. The van der Waals surface area contributed by atoms with E-state index in [-0.39, 0.29) is 29.5 Å². The van der Waals surface area contributed by atoms with E-state index < -0.39 is 17.2 Å². The van der Waals surface area contributed by atoms with Gasteiger partial charge in [0, 0.05) is 25.6 Å². The highest BCUT2D eigenvalue weighted by Crippen LogP contribution is 2.48. The van der Waals surface area contributed by atoms with E-state index in [2.05, 4.69) is 9.97 Å². The Labute approximate surface area is 142 Å². The second-order valence-corrected chi connectivity index (χ2v) is 6.55. The molecule has 1 saturated carbocycles. The first kappa shape index (κ1) is 17.3. The van der Waals surface area contributed by atoms with Gasteiger partial charge in [-0.1, -0.05) is 0 Å². The summed E-state index contributed by atoms with van der Waals surface area (Å²) in [6, 6.07) is 0.928. The lowest BCUT2D eigenvalue weighted by molar-refractivity contribution is -0.147. The molecule has 0 amide bonds. The minimum atomic E-state index is -4.56. The fourth-order valence-corrected chi connectivity index (χ4v) is 3.81. The fourth-order valence-electron chi connectivity index (χ4n) is 3.63. The van der Waals surface area contributed by atoms with E-state index in [1.807, 2.05) is 0 Å². The number of ether oxygens (including phenoxy) is 1. The van der Waals surface area contributed by atoms with Crippen LogP contribution in [0.3, 0.4) is 0 Å². The molecular formula is C15H17ClF3N3O2. The molecule has 0 radical (unpaired) electrons. The Morgan fingerprint density at radius 3 is 2.62 bits per heavy atom. The summed E-state index contributed by atoms with van der Waals surface area (Å²) in [6.45, 7) is 3.24. The molecule has 3 atom stereocenters. The summed E-state index contributed by atoms with van der Waals surface area (Å²) in [5.74, 6) is 0.730. The van der Waals surface area contributed by atoms with Gasteiger partial charge in [-0.2, -0.15) is 13.2 Å². The van der Waals surface area contributed by atoms with Gasteiger partial charge >= 0.3 is 12.1 Å². The fraction of sp³-hybridized carbons (Fsp3) is 0.667. The predicted octanol–water partition coefficient (Wildman–Crippen LogP) is 3.17. The van der Waals surface area contributed by atoms with Crippen molar-refractivity contribution in [3.63, 3.8) is 0 Å². The van der Waals surface area contributed by atoms with Crippen molar-refractivity contribution in [3.8, 4) is 0 Å². The van der Waals surface area contributed by atoms with E-state index >= 15 is 0 Å². The number of carbonyl (C=O) groups excluding carboxylic acids is 1. The number of anilines is 1. The van der Waals surface area contributed by atoms with E-state index in [0.717, 1.165) is 12.5 Å². The zero-order chi connectivity index (χ0) is 17.5. The van der Waals surface area contributed by atoms with Crippen LogP contribution < -0.4 is 4.90 Å². The molecule has 0 spiro atoms. The molecule has 5 nitrogen and oxygen atoms in total. The number of carbonyl (C=O) groups is 1. The SMILES string of the molecule is CCOC(=O)CC1[C@@H]2C[C@H]1CN(c1cc(C(F)(F)F)nc(Cl)n1)C2. The second kappa shape index (κ2) is 6.38. The molecule has 132 valence electrons. The third-order valence-electron chi connectivity index (χ3n) is 4.73. The average molecular weight is 364 g/mol. The van der Waals surface area contributed by atoms with Crippen molar-refractivity contribution in [3.05, 3.63) is 17.0 Å². The Balaban J connectivity index is 1.70. The summed E-state index contributed by atoms with van der Waals surface area (Å²) in [5, 5.41) is -0.415. The summed E-state index contributed by atoms with van der Waals surface area (Å²) < 4.78 is 43.6. The Morgan fingerprint density at radius 1 is 1.38 bits per heavy atom. The lowest BCUT2D eigenvalue weighted by Gasteiger charge is -2.53. The van der Waals surface area contributed by atoms with Crippen LogP contribution in [0.5, 0.6) is 0 Å². The molecule has 2 saturated heterocycles. The number of halogens is 4. The van der Waals surface area contributed by atoms with Gasteiger partial charge < -0.3 is 9.64 Å². The summed E-state index contributed by atoms with van der Waals surface area (Å²) in [6.07, 6.45) is -3.21. The number of hydrogen-bond donors (Lipinski definition) is 0. The van der Waals surface area contributed by atoms with Crippen LogP contribution in [0.2, 0.25) is 5.28 Å². The smallest absolute Gasteiger partial charge is 0.433 e. The maximum Gasteiger partial charge on any atom is 0.433 e. The maximum atomic E-state index is 12.9. The van der Waals surface area contributed by atoms with Gasteiger partial charge in [0.15, 0.2) is 5.69 Å². The van der Waals surface area contributed by atoms with Gasteiger partial charge in [0.25, 0.3) is 0 Å². The third-order valence-corrected chi connectivity index (χ3v) is 4.90. The highest BCUT2D eigenvalue weighted by Gasteiger charge is 2.48. The van der Waals surface area contributed by atoms with Crippen LogP contribution in [-0.4, -0.2) is 35.6 Å². The van der Waals surface area contributed by atoms with Crippen LogP contribution >= 0.6 is 11.6 Å². The lowest BCUT2D eigenvalue weighted by Crippen LogP contribution is -2.56. The van der Waals surface area contributed by atoms with Crippen LogP contribution in [-0.2, 0) is 15.7 Å². The number of esters is 1. The molecule has 0 N–H and O–H groups in total. The summed E-state index contributed by atoms with van der Waals surface area (Å²) in [7, 11) is 0. The molecule has 1 unspecified atom stereocenters. The van der Waals surface area contributed by atoms with Gasteiger partial charge in [0.2, 0.25) is 5.28 Å². The Morgan fingerprint density at radius 2 is 2.04 bits per heavy atom. The number of rotatable bonds is 4. The first-order valence-electron chi connectivity index (χ1n) is 7.80. The largest absolute Gasteiger partial charge is 0.466 e. The molecule has 24 heavy (non-hydrogen) atoms. The zero-order valence-corrected chi connectivity index (χ0v) is 13.8. The molecule has 9 heteroatoms. The van der Waals surface area contributed by atoms with Gasteiger partial charge in [0.1, 0.15) is 5.82 Å². The van der Waals surface area contributed by atoms with Crippen LogP contribution in [0, 0.1) is 17.8 Å². The summed E-state index contributed by atoms with van der Waals surface area (Å²) >= 11 is 5.65. The second-order valence-electron chi connectivity index (χ2n) is 6.21. The molecule has 1 aromatic heterocycles. The first-order chi connectivity index (χ1) is 11.3. The minimum absolute atomic E-state index is 0.187. The molecule has 3 aliphatic rings. The number of fused-ring (bicyclic) bond motifs is 2. The molecule has 1 aromatic rings. The van der Waals surface area contributed by atoms with Crippen molar-refractivity contribution in [2.24, 2.45) is 17.8 Å². The number of hydrogen-bond acceptors (Lipinski definition) is 5. The highest BCUT2D eigenvalue weighted by molar-refractivity contribution is 6.28. The molecule has 2 aliphatic heterocycles. The molecule has 4 rings (SSSR count). The van der Waals surface area contributed by atoms with Gasteiger partial charge in [0.05, 0.1) is 6.61 Å². The van der Waals surface area contributed by atoms with E-state index in [1.54, 1.807) is 11.8 Å². The zero-order valence-electron chi connectivity index (χ0n) is 13.0. The molecule has 0 aromatic carbocycles. The topological polar surface area (TPSA) is 55.3 Å².